The normalized spacial score (nSPS) is 16.9. The van der Waals surface area contributed by atoms with E-state index in [4.69, 9.17) is 0 Å². The molecule has 0 bridgehead atoms. The highest BCUT2D eigenvalue weighted by Crippen LogP contribution is 2.55. The van der Waals surface area contributed by atoms with Crippen LogP contribution in [0.4, 0.5) is 0 Å². The van der Waals surface area contributed by atoms with Gasteiger partial charge in [-0.1, -0.05) is 68.7 Å². The van der Waals surface area contributed by atoms with Crippen LogP contribution in [0.25, 0.3) is 0 Å². The Morgan fingerprint density at radius 1 is 0.857 bits per heavy atom. The quantitative estimate of drug-likeness (QED) is 0.589. The van der Waals surface area contributed by atoms with Crippen LogP contribution < -0.4 is 0 Å². The summed E-state index contributed by atoms with van der Waals surface area (Å²) in [6.45, 7) is 21.4. The largest absolute Gasteiger partial charge is 0.0651 e. The third-order valence-corrected chi connectivity index (χ3v) is 5.33. The molecule has 0 aromatic heterocycles. The lowest BCUT2D eigenvalue weighted by Gasteiger charge is -2.53. The zero-order chi connectivity index (χ0) is 11.8. The third kappa shape index (κ3) is 2.15. The fraction of sp³-hybridized carbons (Fsp3) is 1.00. The standard InChI is InChI=1S/C14H30/c1-10-11(2)13(6,7)14(8,9)12(3,4)5/h11H,10H2,1-9H3. The second-order valence-electron chi connectivity index (χ2n) is 6.91. The predicted octanol–water partition coefficient (Wildman–Crippen LogP) is 5.13. The zero-order valence-corrected chi connectivity index (χ0v) is 11.8. The van der Waals surface area contributed by atoms with Gasteiger partial charge in [-0.15, -0.1) is 0 Å². The van der Waals surface area contributed by atoms with Gasteiger partial charge in [-0.25, -0.2) is 0 Å². The summed E-state index contributed by atoms with van der Waals surface area (Å²) in [5, 5.41) is 0. The molecule has 0 aromatic rings. The molecule has 0 heteroatoms. The molecule has 0 saturated carbocycles. The van der Waals surface area contributed by atoms with Crippen LogP contribution in [0.5, 0.6) is 0 Å². The van der Waals surface area contributed by atoms with Crippen molar-refractivity contribution in [3.8, 4) is 0 Å². The van der Waals surface area contributed by atoms with Crippen LogP contribution in [-0.2, 0) is 0 Å². The summed E-state index contributed by atoms with van der Waals surface area (Å²) in [5.74, 6) is 0.775. The Morgan fingerprint density at radius 2 is 1.21 bits per heavy atom. The number of hydrogen-bond acceptors (Lipinski definition) is 0. The van der Waals surface area contributed by atoms with E-state index < -0.39 is 0 Å². The summed E-state index contributed by atoms with van der Waals surface area (Å²) in [4.78, 5) is 0. The molecule has 0 fully saturated rings. The molecule has 1 atom stereocenters. The molecule has 0 amide bonds. The van der Waals surface area contributed by atoms with E-state index in [1.165, 1.54) is 6.42 Å². The molecule has 86 valence electrons. The lowest BCUT2D eigenvalue weighted by molar-refractivity contribution is -0.0448. The molecule has 0 heterocycles. The van der Waals surface area contributed by atoms with Crippen molar-refractivity contribution < 1.29 is 0 Å². The average Bonchev–Trinajstić information content (AvgIpc) is 2.00. The summed E-state index contributed by atoms with van der Waals surface area (Å²) in [6, 6.07) is 0. The van der Waals surface area contributed by atoms with Crippen molar-refractivity contribution >= 4 is 0 Å². The Kier molecular flexibility index (Phi) is 3.87. The van der Waals surface area contributed by atoms with Crippen molar-refractivity contribution in [2.45, 2.75) is 68.7 Å². The molecule has 0 aliphatic heterocycles. The van der Waals surface area contributed by atoms with E-state index in [0.29, 0.717) is 16.2 Å². The molecule has 0 radical (unpaired) electrons. The molecule has 0 aromatic carbocycles. The fourth-order valence-corrected chi connectivity index (χ4v) is 2.09. The Hall–Kier alpha value is 0. The Morgan fingerprint density at radius 3 is 1.43 bits per heavy atom. The lowest BCUT2D eigenvalue weighted by atomic mass is 9.51. The summed E-state index contributed by atoms with van der Waals surface area (Å²) in [7, 11) is 0. The first kappa shape index (κ1) is 14.0. The highest BCUT2D eigenvalue weighted by atomic mass is 14.5. The molecule has 0 rings (SSSR count). The minimum Gasteiger partial charge on any atom is -0.0651 e. The average molecular weight is 198 g/mol. The van der Waals surface area contributed by atoms with Crippen molar-refractivity contribution in [3.63, 3.8) is 0 Å². The topological polar surface area (TPSA) is 0 Å². The van der Waals surface area contributed by atoms with Crippen LogP contribution in [0.3, 0.4) is 0 Å². The third-order valence-electron chi connectivity index (χ3n) is 5.33. The highest BCUT2D eigenvalue weighted by molar-refractivity contribution is 4.96. The number of rotatable bonds is 3. The van der Waals surface area contributed by atoms with Gasteiger partial charge in [0.05, 0.1) is 0 Å². The summed E-state index contributed by atoms with van der Waals surface area (Å²) >= 11 is 0. The van der Waals surface area contributed by atoms with Crippen molar-refractivity contribution in [1.82, 2.24) is 0 Å². The highest BCUT2D eigenvalue weighted by Gasteiger charge is 2.47. The summed E-state index contributed by atoms with van der Waals surface area (Å²) in [5.41, 5.74) is 1.11. The SMILES string of the molecule is CCC(C)C(C)(C)C(C)(C)C(C)(C)C. The van der Waals surface area contributed by atoms with E-state index in [-0.39, 0.29) is 0 Å². The van der Waals surface area contributed by atoms with Crippen LogP contribution in [0.1, 0.15) is 68.7 Å². The van der Waals surface area contributed by atoms with Gasteiger partial charge < -0.3 is 0 Å². The Bertz CT molecular complexity index is 179. The van der Waals surface area contributed by atoms with E-state index in [1.807, 2.05) is 0 Å². The molecule has 0 nitrogen and oxygen atoms in total. The van der Waals surface area contributed by atoms with Gasteiger partial charge in [0.25, 0.3) is 0 Å². The van der Waals surface area contributed by atoms with Crippen LogP contribution in [-0.4, -0.2) is 0 Å². The first-order valence-electron chi connectivity index (χ1n) is 5.98. The van der Waals surface area contributed by atoms with E-state index in [0.717, 1.165) is 5.92 Å². The maximum atomic E-state index is 2.42. The van der Waals surface area contributed by atoms with E-state index in [1.54, 1.807) is 0 Å². The summed E-state index contributed by atoms with van der Waals surface area (Å²) < 4.78 is 0. The molecular weight excluding hydrogens is 168 g/mol. The maximum Gasteiger partial charge on any atom is -0.0252 e. The van der Waals surface area contributed by atoms with Crippen LogP contribution >= 0.6 is 0 Å². The molecule has 0 aliphatic rings. The predicted molar refractivity (Wildman–Crippen MR) is 66.5 cm³/mol. The minimum atomic E-state index is 0.357. The second-order valence-corrected chi connectivity index (χ2v) is 6.91. The van der Waals surface area contributed by atoms with Crippen LogP contribution in [0.2, 0.25) is 0 Å². The van der Waals surface area contributed by atoms with Crippen molar-refractivity contribution in [2.75, 3.05) is 0 Å². The first-order chi connectivity index (χ1) is 5.98. The van der Waals surface area contributed by atoms with Gasteiger partial charge in [0.15, 0.2) is 0 Å². The fourth-order valence-electron chi connectivity index (χ4n) is 2.09. The van der Waals surface area contributed by atoms with Gasteiger partial charge >= 0.3 is 0 Å². The van der Waals surface area contributed by atoms with Gasteiger partial charge in [-0.05, 0) is 22.2 Å². The molecule has 0 N–H and O–H groups in total. The monoisotopic (exact) mass is 198 g/mol. The van der Waals surface area contributed by atoms with Gasteiger partial charge in [0.2, 0.25) is 0 Å². The van der Waals surface area contributed by atoms with E-state index in [9.17, 15) is 0 Å². The van der Waals surface area contributed by atoms with Crippen molar-refractivity contribution in [2.24, 2.45) is 22.2 Å². The zero-order valence-electron chi connectivity index (χ0n) is 11.8. The van der Waals surface area contributed by atoms with Crippen molar-refractivity contribution in [3.05, 3.63) is 0 Å². The molecular formula is C14H30. The summed E-state index contributed by atoms with van der Waals surface area (Å²) in [6.07, 6.45) is 1.27. The lowest BCUT2D eigenvalue weighted by Crippen LogP contribution is -2.46. The molecule has 0 saturated heterocycles. The van der Waals surface area contributed by atoms with Crippen LogP contribution in [0, 0.1) is 22.2 Å². The molecule has 1 unspecified atom stereocenters. The molecule has 0 aliphatic carbocycles. The Labute approximate surface area is 91.5 Å². The van der Waals surface area contributed by atoms with E-state index in [2.05, 4.69) is 62.3 Å². The van der Waals surface area contributed by atoms with Gasteiger partial charge in [-0.3, -0.25) is 0 Å². The van der Waals surface area contributed by atoms with Gasteiger partial charge in [-0.2, -0.15) is 0 Å². The minimum absolute atomic E-state index is 0.357. The number of hydrogen-bond donors (Lipinski definition) is 0. The smallest absolute Gasteiger partial charge is 0.0252 e. The van der Waals surface area contributed by atoms with Gasteiger partial charge in [0.1, 0.15) is 0 Å². The second kappa shape index (κ2) is 3.87. The van der Waals surface area contributed by atoms with Crippen molar-refractivity contribution in [1.29, 1.82) is 0 Å². The Balaban J connectivity index is 5.07. The van der Waals surface area contributed by atoms with Gasteiger partial charge in [0, 0.05) is 0 Å². The van der Waals surface area contributed by atoms with Crippen LogP contribution in [0.15, 0.2) is 0 Å². The van der Waals surface area contributed by atoms with E-state index >= 15 is 0 Å². The first-order valence-corrected chi connectivity index (χ1v) is 5.98. The maximum absolute atomic E-state index is 2.42. The molecule has 0 spiro atoms. The molecule has 14 heavy (non-hydrogen) atoms.